The molecular formula is C9H6BrN3O3. The lowest BCUT2D eigenvalue weighted by molar-refractivity contribution is 0.0697. The van der Waals surface area contributed by atoms with Crippen LogP contribution in [0.15, 0.2) is 33.8 Å². The fourth-order valence-corrected chi connectivity index (χ4v) is 1.69. The number of carboxylic acid groups (broad SMARTS) is 1. The maximum absolute atomic E-state index is 11.3. The Kier molecular flexibility index (Phi) is 2.61. The summed E-state index contributed by atoms with van der Waals surface area (Å²) in [5.74, 6) is -1.05. The van der Waals surface area contributed by atoms with E-state index in [9.17, 15) is 9.59 Å². The van der Waals surface area contributed by atoms with Crippen molar-refractivity contribution in [2.45, 2.75) is 0 Å². The third-order valence-corrected chi connectivity index (χ3v) is 2.68. The molecule has 0 saturated carbocycles. The number of aromatic carboxylic acids is 1. The van der Waals surface area contributed by atoms with Crippen LogP contribution < -0.4 is 5.69 Å². The van der Waals surface area contributed by atoms with Crippen molar-refractivity contribution < 1.29 is 9.90 Å². The van der Waals surface area contributed by atoms with Gasteiger partial charge in [0.2, 0.25) is 0 Å². The van der Waals surface area contributed by atoms with Gasteiger partial charge in [-0.05, 0) is 34.1 Å². The fraction of sp³-hybridized carbons (Fsp3) is 0. The Balaban J connectivity index is 2.65. The topological polar surface area (TPSA) is 88.0 Å². The minimum atomic E-state index is -1.05. The van der Waals surface area contributed by atoms with E-state index >= 15 is 0 Å². The molecule has 0 saturated heterocycles. The Morgan fingerprint density at radius 1 is 1.50 bits per heavy atom. The van der Waals surface area contributed by atoms with Gasteiger partial charge in [0.1, 0.15) is 6.33 Å². The highest BCUT2D eigenvalue weighted by atomic mass is 79.9. The summed E-state index contributed by atoms with van der Waals surface area (Å²) in [6, 6.07) is 4.41. The van der Waals surface area contributed by atoms with Crippen LogP contribution in [0.4, 0.5) is 0 Å². The first-order chi connectivity index (χ1) is 7.59. The van der Waals surface area contributed by atoms with Crippen LogP contribution in [0.2, 0.25) is 0 Å². The minimum Gasteiger partial charge on any atom is -0.478 e. The van der Waals surface area contributed by atoms with E-state index in [2.05, 4.69) is 26.1 Å². The molecule has 0 atom stereocenters. The lowest BCUT2D eigenvalue weighted by atomic mass is 10.2. The molecule has 0 spiro atoms. The number of carboxylic acids is 1. The van der Waals surface area contributed by atoms with Gasteiger partial charge < -0.3 is 5.11 Å². The van der Waals surface area contributed by atoms with Crippen LogP contribution in [0.25, 0.3) is 5.69 Å². The monoisotopic (exact) mass is 283 g/mol. The van der Waals surface area contributed by atoms with E-state index in [0.717, 1.165) is 0 Å². The zero-order chi connectivity index (χ0) is 11.7. The largest absolute Gasteiger partial charge is 0.478 e. The quantitative estimate of drug-likeness (QED) is 0.861. The molecule has 16 heavy (non-hydrogen) atoms. The van der Waals surface area contributed by atoms with Crippen LogP contribution in [-0.2, 0) is 0 Å². The molecule has 0 fully saturated rings. The van der Waals surface area contributed by atoms with E-state index in [4.69, 9.17) is 5.11 Å². The standard InChI is InChI=1S/C9H6BrN3O3/c10-6-2-1-5(8(14)15)3-7(6)13-4-11-12-9(13)16/h1-4H,(H,12,16)(H,14,15). The lowest BCUT2D eigenvalue weighted by Gasteiger charge is -2.04. The van der Waals surface area contributed by atoms with E-state index in [0.29, 0.717) is 10.2 Å². The summed E-state index contributed by atoms with van der Waals surface area (Å²) in [5.41, 5.74) is 0.105. The third kappa shape index (κ3) is 1.76. The van der Waals surface area contributed by atoms with Gasteiger partial charge in [-0.2, -0.15) is 5.10 Å². The molecule has 82 valence electrons. The number of nitrogens with zero attached hydrogens (tertiary/aromatic N) is 2. The first kappa shape index (κ1) is 10.6. The normalized spacial score (nSPS) is 10.3. The van der Waals surface area contributed by atoms with Crippen molar-refractivity contribution in [3.63, 3.8) is 0 Å². The van der Waals surface area contributed by atoms with E-state index < -0.39 is 11.7 Å². The van der Waals surface area contributed by atoms with Gasteiger partial charge in [0.25, 0.3) is 0 Å². The highest BCUT2D eigenvalue weighted by molar-refractivity contribution is 9.10. The predicted molar refractivity (Wildman–Crippen MR) is 58.8 cm³/mol. The van der Waals surface area contributed by atoms with Crippen LogP contribution in [0, 0.1) is 0 Å². The fourth-order valence-electron chi connectivity index (χ4n) is 1.25. The van der Waals surface area contributed by atoms with Gasteiger partial charge in [-0.1, -0.05) is 0 Å². The van der Waals surface area contributed by atoms with Crippen molar-refractivity contribution in [1.82, 2.24) is 14.8 Å². The molecule has 2 rings (SSSR count). The summed E-state index contributed by atoms with van der Waals surface area (Å²) in [4.78, 5) is 22.1. The lowest BCUT2D eigenvalue weighted by Crippen LogP contribution is -2.15. The van der Waals surface area contributed by atoms with Crippen molar-refractivity contribution in [1.29, 1.82) is 0 Å². The molecule has 7 heteroatoms. The first-order valence-corrected chi connectivity index (χ1v) is 5.04. The van der Waals surface area contributed by atoms with Crippen molar-refractivity contribution in [2.24, 2.45) is 0 Å². The number of hydrogen-bond donors (Lipinski definition) is 2. The Morgan fingerprint density at radius 2 is 2.25 bits per heavy atom. The van der Waals surface area contributed by atoms with Crippen molar-refractivity contribution in [2.75, 3.05) is 0 Å². The third-order valence-electron chi connectivity index (χ3n) is 2.00. The molecule has 1 heterocycles. The Bertz CT molecular complexity index is 602. The molecular weight excluding hydrogens is 278 g/mol. The van der Waals surface area contributed by atoms with E-state index in [1.165, 1.54) is 23.0 Å². The summed E-state index contributed by atoms with van der Waals surface area (Å²) in [5, 5.41) is 14.6. The predicted octanol–water partition coefficient (Wildman–Crippen LogP) is 1.02. The molecule has 2 N–H and O–H groups in total. The molecule has 0 radical (unpaired) electrons. The average Bonchev–Trinajstić information content (AvgIpc) is 2.65. The van der Waals surface area contributed by atoms with Gasteiger partial charge >= 0.3 is 11.7 Å². The Labute approximate surface area is 97.7 Å². The van der Waals surface area contributed by atoms with Crippen molar-refractivity contribution in [3.05, 3.63) is 45.0 Å². The van der Waals surface area contributed by atoms with Gasteiger partial charge in [-0.15, -0.1) is 0 Å². The minimum absolute atomic E-state index is 0.103. The van der Waals surface area contributed by atoms with Crippen LogP contribution in [-0.4, -0.2) is 25.8 Å². The highest BCUT2D eigenvalue weighted by Crippen LogP contribution is 2.20. The molecule has 0 bridgehead atoms. The van der Waals surface area contributed by atoms with E-state index in [1.54, 1.807) is 6.07 Å². The van der Waals surface area contributed by atoms with Crippen LogP contribution in [0.3, 0.4) is 0 Å². The Hall–Kier alpha value is -1.89. The molecule has 6 nitrogen and oxygen atoms in total. The maximum atomic E-state index is 11.3. The second kappa shape index (κ2) is 3.93. The number of H-pyrrole nitrogens is 1. The SMILES string of the molecule is O=C(O)c1ccc(Br)c(-n2cn[nH]c2=O)c1. The zero-order valence-corrected chi connectivity index (χ0v) is 9.43. The van der Waals surface area contributed by atoms with Crippen LogP contribution >= 0.6 is 15.9 Å². The molecule has 0 aliphatic carbocycles. The average molecular weight is 284 g/mol. The second-order valence-electron chi connectivity index (χ2n) is 3.00. The molecule has 1 aromatic heterocycles. The maximum Gasteiger partial charge on any atom is 0.347 e. The molecule has 0 amide bonds. The smallest absolute Gasteiger partial charge is 0.347 e. The first-order valence-electron chi connectivity index (χ1n) is 4.25. The number of halogens is 1. The summed E-state index contributed by atoms with van der Waals surface area (Å²) >= 11 is 3.24. The molecule has 1 aromatic carbocycles. The molecule has 0 aliphatic heterocycles. The number of nitrogens with one attached hydrogen (secondary N) is 1. The van der Waals surface area contributed by atoms with E-state index in [-0.39, 0.29) is 5.56 Å². The van der Waals surface area contributed by atoms with Gasteiger partial charge in [0.05, 0.1) is 11.3 Å². The molecule has 2 aromatic rings. The van der Waals surface area contributed by atoms with Crippen molar-refractivity contribution in [3.8, 4) is 5.69 Å². The number of carbonyl (C=O) groups is 1. The number of aromatic amines is 1. The van der Waals surface area contributed by atoms with Crippen LogP contribution in [0.5, 0.6) is 0 Å². The second-order valence-corrected chi connectivity index (χ2v) is 3.86. The molecule has 0 unspecified atom stereocenters. The molecule has 0 aliphatic rings. The van der Waals surface area contributed by atoms with E-state index in [1.807, 2.05) is 0 Å². The van der Waals surface area contributed by atoms with Gasteiger partial charge in [0.15, 0.2) is 0 Å². The number of hydrogen-bond acceptors (Lipinski definition) is 3. The van der Waals surface area contributed by atoms with Crippen molar-refractivity contribution >= 4 is 21.9 Å². The summed E-state index contributed by atoms with van der Waals surface area (Å²) in [6.45, 7) is 0. The number of benzene rings is 1. The van der Waals surface area contributed by atoms with Gasteiger partial charge in [0, 0.05) is 4.47 Å². The van der Waals surface area contributed by atoms with Crippen LogP contribution in [0.1, 0.15) is 10.4 Å². The summed E-state index contributed by atoms with van der Waals surface area (Å²) < 4.78 is 1.83. The van der Waals surface area contributed by atoms with Gasteiger partial charge in [-0.3, -0.25) is 0 Å². The zero-order valence-electron chi connectivity index (χ0n) is 7.85. The number of rotatable bonds is 2. The highest BCUT2D eigenvalue weighted by Gasteiger charge is 2.10. The summed E-state index contributed by atoms with van der Waals surface area (Å²) in [6.07, 6.45) is 1.29. The summed E-state index contributed by atoms with van der Waals surface area (Å²) in [7, 11) is 0. The van der Waals surface area contributed by atoms with Gasteiger partial charge in [-0.25, -0.2) is 19.3 Å². The number of aromatic nitrogens is 3. The Morgan fingerprint density at radius 3 is 2.81 bits per heavy atom.